The fourth-order valence-corrected chi connectivity index (χ4v) is 2.60. The van der Waals surface area contributed by atoms with E-state index >= 15 is 0 Å². The lowest BCUT2D eigenvalue weighted by Gasteiger charge is -2.29. The molecule has 0 spiro atoms. The van der Waals surface area contributed by atoms with Crippen LogP contribution in [0.1, 0.15) is 46.5 Å². The van der Waals surface area contributed by atoms with Gasteiger partial charge in [-0.1, -0.05) is 0 Å². The van der Waals surface area contributed by atoms with Crippen LogP contribution in [0.3, 0.4) is 0 Å². The van der Waals surface area contributed by atoms with Crippen LogP contribution in [-0.4, -0.2) is 35.7 Å². The van der Waals surface area contributed by atoms with Gasteiger partial charge in [-0.2, -0.15) is 0 Å². The summed E-state index contributed by atoms with van der Waals surface area (Å²) in [6, 6.07) is 1.38. The molecule has 14 heavy (non-hydrogen) atoms. The highest BCUT2D eigenvalue weighted by atomic mass is 16.5. The first-order valence-corrected chi connectivity index (χ1v) is 6.08. The first-order valence-electron chi connectivity index (χ1n) is 6.08. The van der Waals surface area contributed by atoms with Crippen molar-refractivity contribution in [2.75, 3.05) is 6.54 Å². The van der Waals surface area contributed by atoms with Crippen molar-refractivity contribution < 1.29 is 4.74 Å². The first kappa shape index (κ1) is 10.4. The summed E-state index contributed by atoms with van der Waals surface area (Å²) >= 11 is 0. The van der Waals surface area contributed by atoms with E-state index < -0.39 is 0 Å². The maximum atomic E-state index is 6.06. The summed E-state index contributed by atoms with van der Waals surface area (Å²) in [6.45, 7) is 8.03. The van der Waals surface area contributed by atoms with Gasteiger partial charge in [0.1, 0.15) is 0 Å². The molecule has 1 aliphatic heterocycles. The minimum atomic E-state index is 0.512. The van der Waals surface area contributed by atoms with Gasteiger partial charge in [0, 0.05) is 18.6 Å². The molecule has 2 rings (SSSR count). The lowest BCUT2D eigenvalue weighted by molar-refractivity contribution is -0.0466. The van der Waals surface area contributed by atoms with Crippen LogP contribution in [0.25, 0.3) is 0 Å². The normalized spacial score (nSPS) is 35.1. The topological polar surface area (TPSA) is 12.5 Å². The van der Waals surface area contributed by atoms with Crippen LogP contribution in [-0.2, 0) is 4.74 Å². The number of hydrogen-bond acceptors (Lipinski definition) is 2. The molecule has 0 aromatic heterocycles. The third-order valence-electron chi connectivity index (χ3n) is 3.69. The second-order valence-electron chi connectivity index (χ2n) is 5.19. The predicted octanol–water partition coefficient (Wildman–Crippen LogP) is 2.43. The monoisotopic (exact) mass is 197 g/mol. The number of hydrogen-bond donors (Lipinski definition) is 0. The largest absolute Gasteiger partial charge is 0.374 e. The highest BCUT2D eigenvalue weighted by Gasteiger charge is 2.33. The Hall–Kier alpha value is -0.0800. The highest BCUT2D eigenvalue weighted by molar-refractivity contribution is 4.86. The molecule has 0 aromatic carbocycles. The summed E-state index contributed by atoms with van der Waals surface area (Å²) in [5.41, 5.74) is 0. The molecule has 0 aromatic rings. The maximum absolute atomic E-state index is 6.06. The Kier molecular flexibility index (Phi) is 3.13. The van der Waals surface area contributed by atoms with Crippen molar-refractivity contribution in [3.05, 3.63) is 0 Å². The molecule has 2 fully saturated rings. The van der Waals surface area contributed by atoms with E-state index in [2.05, 4.69) is 25.7 Å². The van der Waals surface area contributed by atoms with Gasteiger partial charge in [-0.3, -0.25) is 4.90 Å². The van der Waals surface area contributed by atoms with Gasteiger partial charge < -0.3 is 4.74 Å². The van der Waals surface area contributed by atoms with Crippen molar-refractivity contribution >= 4 is 0 Å². The second kappa shape index (κ2) is 4.19. The van der Waals surface area contributed by atoms with Gasteiger partial charge in [-0.05, 0) is 46.5 Å². The third-order valence-corrected chi connectivity index (χ3v) is 3.69. The van der Waals surface area contributed by atoms with E-state index in [0.717, 1.165) is 6.54 Å². The minimum Gasteiger partial charge on any atom is -0.374 e. The minimum absolute atomic E-state index is 0.512. The van der Waals surface area contributed by atoms with Crippen molar-refractivity contribution in [3.8, 4) is 0 Å². The number of nitrogens with zero attached hydrogens (tertiary/aromatic N) is 1. The van der Waals surface area contributed by atoms with Crippen molar-refractivity contribution in [2.45, 2.75) is 70.7 Å². The van der Waals surface area contributed by atoms with Crippen LogP contribution in [0, 0.1) is 0 Å². The second-order valence-corrected chi connectivity index (χ2v) is 5.19. The molecule has 2 nitrogen and oxygen atoms in total. The molecule has 82 valence electrons. The van der Waals surface area contributed by atoms with Gasteiger partial charge >= 0.3 is 0 Å². The molecule has 2 aliphatic rings. The Labute approximate surface area is 87.6 Å². The Balaban J connectivity index is 1.79. The molecule has 1 saturated heterocycles. The van der Waals surface area contributed by atoms with Crippen molar-refractivity contribution in [3.63, 3.8) is 0 Å². The summed E-state index contributed by atoms with van der Waals surface area (Å²) in [5, 5.41) is 0. The zero-order chi connectivity index (χ0) is 10.1. The lowest BCUT2D eigenvalue weighted by Crippen LogP contribution is -2.35. The van der Waals surface area contributed by atoms with E-state index in [9.17, 15) is 0 Å². The number of likely N-dealkylation sites (tertiary alicyclic amines) is 1. The fraction of sp³-hybridized carbons (Fsp3) is 1.00. The Morgan fingerprint density at radius 2 is 1.93 bits per heavy atom. The molecule has 2 atom stereocenters. The van der Waals surface area contributed by atoms with E-state index in [4.69, 9.17) is 4.74 Å². The van der Waals surface area contributed by atoms with Gasteiger partial charge in [0.15, 0.2) is 0 Å². The Bertz CT molecular complexity index is 189. The van der Waals surface area contributed by atoms with E-state index in [-0.39, 0.29) is 0 Å². The van der Waals surface area contributed by atoms with Gasteiger partial charge in [-0.15, -0.1) is 0 Å². The van der Waals surface area contributed by atoms with Gasteiger partial charge in [0.25, 0.3) is 0 Å². The number of rotatable bonds is 3. The SMILES string of the molecule is CC(C)N1CC(OC2CCC2)CC1C. The van der Waals surface area contributed by atoms with Crippen molar-refractivity contribution in [2.24, 2.45) is 0 Å². The lowest BCUT2D eigenvalue weighted by atomic mass is 9.96. The molecule has 2 unspecified atom stereocenters. The van der Waals surface area contributed by atoms with E-state index in [1.807, 2.05) is 0 Å². The van der Waals surface area contributed by atoms with Crippen LogP contribution in [0.5, 0.6) is 0 Å². The van der Waals surface area contributed by atoms with Crippen LogP contribution in [0.2, 0.25) is 0 Å². The molecule has 1 saturated carbocycles. The predicted molar refractivity (Wildman–Crippen MR) is 58.4 cm³/mol. The quantitative estimate of drug-likeness (QED) is 0.689. The van der Waals surface area contributed by atoms with Crippen LogP contribution in [0.4, 0.5) is 0 Å². The first-order chi connectivity index (χ1) is 6.66. The van der Waals surface area contributed by atoms with E-state index in [0.29, 0.717) is 24.3 Å². The molecule has 0 bridgehead atoms. The van der Waals surface area contributed by atoms with Crippen molar-refractivity contribution in [1.29, 1.82) is 0 Å². The Morgan fingerprint density at radius 3 is 2.36 bits per heavy atom. The summed E-state index contributed by atoms with van der Waals surface area (Å²) in [6.07, 6.45) is 6.31. The van der Waals surface area contributed by atoms with Gasteiger partial charge in [0.2, 0.25) is 0 Å². The third kappa shape index (κ3) is 2.12. The molecule has 0 N–H and O–H groups in total. The molecule has 1 aliphatic carbocycles. The fourth-order valence-electron chi connectivity index (χ4n) is 2.60. The maximum Gasteiger partial charge on any atom is 0.0720 e. The summed E-state index contributed by atoms with van der Waals surface area (Å²) in [5.74, 6) is 0. The highest BCUT2D eigenvalue weighted by Crippen LogP contribution is 2.28. The van der Waals surface area contributed by atoms with E-state index in [1.165, 1.54) is 25.7 Å². The van der Waals surface area contributed by atoms with Crippen LogP contribution >= 0.6 is 0 Å². The summed E-state index contributed by atoms with van der Waals surface area (Å²) in [4.78, 5) is 2.56. The average molecular weight is 197 g/mol. The van der Waals surface area contributed by atoms with Gasteiger partial charge in [-0.25, -0.2) is 0 Å². The molecule has 1 heterocycles. The zero-order valence-corrected chi connectivity index (χ0v) is 9.70. The van der Waals surface area contributed by atoms with Crippen LogP contribution in [0.15, 0.2) is 0 Å². The number of ether oxygens (including phenoxy) is 1. The molecule has 0 radical (unpaired) electrons. The Morgan fingerprint density at radius 1 is 1.21 bits per heavy atom. The van der Waals surface area contributed by atoms with E-state index in [1.54, 1.807) is 0 Å². The molecular formula is C12H23NO. The standard InChI is InChI=1S/C12H23NO/c1-9(2)13-8-12(7-10(13)3)14-11-5-4-6-11/h9-12H,4-8H2,1-3H3. The molecular weight excluding hydrogens is 174 g/mol. The molecule has 2 heteroatoms. The summed E-state index contributed by atoms with van der Waals surface area (Å²) < 4.78 is 6.06. The zero-order valence-electron chi connectivity index (χ0n) is 9.70. The van der Waals surface area contributed by atoms with Gasteiger partial charge in [0.05, 0.1) is 12.2 Å². The van der Waals surface area contributed by atoms with Crippen molar-refractivity contribution in [1.82, 2.24) is 4.90 Å². The molecule has 0 amide bonds. The average Bonchev–Trinajstić information content (AvgIpc) is 2.39. The van der Waals surface area contributed by atoms with Crippen LogP contribution < -0.4 is 0 Å². The summed E-state index contributed by atoms with van der Waals surface area (Å²) in [7, 11) is 0. The smallest absolute Gasteiger partial charge is 0.0720 e.